The minimum absolute atomic E-state index is 0.0799. The van der Waals surface area contributed by atoms with Crippen LogP contribution in [0.2, 0.25) is 0 Å². The third kappa shape index (κ3) is 5.46. The van der Waals surface area contributed by atoms with Crippen LogP contribution in [0.1, 0.15) is 0 Å². The maximum atomic E-state index is 10.0. The molecule has 40 valence electrons. The van der Waals surface area contributed by atoms with Crippen molar-refractivity contribution in [2.45, 2.75) is 0 Å². The highest BCUT2D eigenvalue weighted by molar-refractivity contribution is 7.84. The van der Waals surface area contributed by atoms with E-state index in [0.29, 0.717) is 0 Å². The van der Waals surface area contributed by atoms with Crippen molar-refractivity contribution in [3.8, 4) is 0 Å². The standard InChI is InChI=1S/C2H5N3OS/c1-7(6)2-4-5-3/h2H2,1H3. The molecule has 0 saturated carbocycles. The molecule has 0 spiro atoms. The van der Waals surface area contributed by atoms with Crippen LogP contribution >= 0.6 is 0 Å². The first-order valence-electron chi connectivity index (χ1n) is 1.58. The van der Waals surface area contributed by atoms with Gasteiger partial charge in [0.05, 0.1) is 0 Å². The molecule has 0 heterocycles. The van der Waals surface area contributed by atoms with Gasteiger partial charge in [0.15, 0.2) is 0 Å². The lowest BCUT2D eigenvalue weighted by Gasteiger charge is -1.76. The molecule has 0 rings (SSSR count). The fourth-order valence-electron chi connectivity index (χ4n) is 0.107. The number of hydrogen-bond acceptors (Lipinski definition) is 2. The summed E-state index contributed by atoms with van der Waals surface area (Å²) in [4.78, 5) is 2.41. The average Bonchev–Trinajstić information content (AvgIpc) is 1.61. The summed E-state index contributed by atoms with van der Waals surface area (Å²) in [5.74, 6) is 0.0799. The van der Waals surface area contributed by atoms with E-state index in [2.05, 4.69) is 10.0 Å². The van der Waals surface area contributed by atoms with Gasteiger partial charge in [0.2, 0.25) is 0 Å². The Labute approximate surface area is 43.6 Å². The van der Waals surface area contributed by atoms with Crippen molar-refractivity contribution < 1.29 is 4.21 Å². The zero-order valence-corrected chi connectivity index (χ0v) is 4.68. The Kier molecular flexibility index (Phi) is 3.36. The van der Waals surface area contributed by atoms with Crippen molar-refractivity contribution >= 4 is 10.8 Å². The van der Waals surface area contributed by atoms with Crippen LogP contribution < -0.4 is 0 Å². The van der Waals surface area contributed by atoms with Crippen LogP contribution in [-0.2, 0) is 10.8 Å². The summed E-state index contributed by atoms with van der Waals surface area (Å²) in [7, 11) is -0.986. The topological polar surface area (TPSA) is 65.8 Å². The van der Waals surface area contributed by atoms with Gasteiger partial charge >= 0.3 is 0 Å². The summed E-state index contributed by atoms with van der Waals surface area (Å²) >= 11 is 0. The number of nitrogens with zero attached hydrogens (tertiary/aromatic N) is 3. The molecular formula is C2H5N3OS. The molecule has 0 aromatic carbocycles. The van der Waals surface area contributed by atoms with Crippen LogP contribution in [0.4, 0.5) is 0 Å². The molecule has 1 atom stereocenters. The highest BCUT2D eigenvalue weighted by atomic mass is 32.2. The van der Waals surface area contributed by atoms with Crippen LogP contribution in [0, 0.1) is 0 Å². The van der Waals surface area contributed by atoms with Gasteiger partial charge in [0.1, 0.15) is 5.88 Å². The molecule has 0 N–H and O–H groups in total. The van der Waals surface area contributed by atoms with Crippen LogP contribution in [0.3, 0.4) is 0 Å². The van der Waals surface area contributed by atoms with Crippen LogP contribution in [-0.4, -0.2) is 16.3 Å². The van der Waals surface area contributed by atoms with Crippen molar-refractivity contribution in [3.05, 3.63) is 10.4 Å². The first-order valence-corrected chi connectivity index (χ1v) is 3.31. The van der Waals surface area contributed by atoms with Crippen LogP contribution in [0.25, 0.3) is 10.4 Å². The number of rotatable bonds is 2. The molecule has 1 unspecified atom stereocenters. The van der Waals surface area contributed by atoms with Crippen molar-refractivity contribution in [2.75, 3.05) is 12.1 Å². The second-order valence-corrected chi connectivity index (χ2v) is 2.34. The zero-order valence-electron chi connectivity index (χ0n) is 3.87. The minimum Gasteiger partial charge on any atom is -0.260 e. The van der Waals surface area contributed by atoms with Crippen molar-refractivity contribution in [2.24, 2.45) is 5.11 Å². The zero-order chi connectivity index (χ0) is 5.70. The Morgan fingerprint density at radius 3 is 2.71 bits per heavy atom. The fraction of sp³-hybridized carbons (Fsp3) is 1.00. The monoisotopic (exact) mass is 119 g/mol. The van der Waals surface area contributed by atoms with Gasteiger partial charge < -0.3 is 0 Å². The predicted molar refractivity (Wildman–Crippen MR) is 28.1 cm³/mol. The minimum atomic E-state index is -0.986. The molecule has 5 heteroatoms. The molecule has 0 aliphatic rings. The van der Waals surface area contributed by atoms with E-state index in [1.165, 1.54) is 6.26 Å². The molecule has 0 aliphatic carbocycles. The molecule has 0 aliphatic heterocycles. The fourth-order valence-corrected chi connectivity index (χ4v) is 0.321. The average molecular weight is 119 g/mol. The van der Waals surface area contributed by atoms with E-state index in [-0.39, 0.29) is 5.88 Å². The second kappa shape index (κ2) is 3.64. The summed E-state index contributed by atoms with van der Waals surface area (Å²) in [6, 6.07) is 0. The first-order chi connectivity index (χ1) is 3.27. The van der Waals surface area contributed by atoms with Gasteiger partial charge in [-0.05, 0) is 5.53 Å². The molecule has 4 nitrogen and oxygen atoms in total. The number of azide groups is 1. The molecular weight excluding hydrogens is 114 g/mol. The van der Waals surface area contributed by atoms with E-state index in [1.807, 2.05) is 0 Å². The molecule has 0 saturated heterocycles. The molecule has 0 bridgehead atoms. The quantitative estimate of drug-likeness (QED) is 0.298. The lowest BCUT2D eigenvalue weighted by molar-refractivity contribution is 0.687. The van der Waals surface area contributed by atoms with Gasteiger partial charge in [0, 0.05) is 22.0 Å². The maximum Gasteiger partial charge on any atom is 0.102 e. The third-order valence-electron chi connectivity index (χ3n) is 0.303. The van der Waals surface area contributed by atoms with Gasteiger partial charge in [-0.1, -0.05) is 5.11 Å². The highest BCUT2D eigenvalue weighted by Crippen LogP contribution is 1.74. The molecule has 0 aromatic heterocycles. The van der Waals surface area contributed by atoms with E-state index in [9.17, 15) is 4.21 Å². The normalized spacial score (nSPS) is 12.1. The summed E-state index contributed by atoms with van der Waals surface area (Å²) in [5.41, 5.74) is 7.64. The van der Waals surface area contributed by atoms with E-state index < -0.39 is 10.8 Å². The van der Waals surface area contributed by atoms with Crippen molar-refractivity contribution in [3.63, 3.8) is 0 Å². The van der Waals surface area contributed by atoms with E-state index >= 15 is 0 Å². The highest BCUT2D eigenvalue weighted by Gasteiger charge is 1.79. The summed E-state index contributed by atoms with van der Waals surface area (Å²) in [6.45, 7) is 0. The summed E-state index contributed by atoms with van der Waals surface area (Å²) < 4.78 is 10.0. The van der Waals surface area contributed by atoms with Gasteiger partial charge in [-0.25, -0.2) is 0 Å². The molecule has 0 aromatic rings. The second-order valence-electron chi connectivity index (χ2n) is 0.933. The SMILES string of the molecule is CS(=O)CN=[N+]=[N-]. The molecule has 0 fully saturated rings. The molecule has 7 heavy (non-hydrogen) atoms. The van der Waals surface area contributed by atoms with Crippen LogP contribution in [0.5, 0.6) is 0 Å². The third-order valence-corrected chi connectivity index (χ3v) is 0.782. The summed E-state index contributed by atoms with van der Waals surface area (Å²) in [5, 5.41) is 3.05. The Hall–Kier alpha value is -0.540. The molecule has 0 radical (unpaired) electrons. The Morgan fingerprint density at radius 2 is 2.57 bits per heavy atom. The van der Waals surface area contributed by atoms with Gasteiger partial charge in [-0.2, -0.15) is 0 Å². The number of hydrogen-bond donors (Lipinski definition) is 0. The van der Waals surface area contributed by atoms with Crippen molar-refractivity contribution in [1.29, 1.82) is 0 Å². The maximum absolute atomic E-state index is 10.0. The van der Waals surface area contributed by atoms with Crippen LogP contribution in [0.15, 0.2) is 5.11 Å². The predicted octanol–water partition coefficient (Wildman–Crippen LogP) is 0.633. The van der Waals surface area contributed by atoms with Gasteiger partial charge in [-0.3, -0.25) is 4.21 Å². The first kappa shape index (κ1) is 6.46. The Morgan fingerprint density at radius 1 is 2.00 bits per heavy atom. The Balaban J connectivity index is 3.32. The van der Waals surface area contributed by atoms with E-state index in [0.717, 1.165) is 0 Å². The van der Waals surface area contributed by atoms with Gasteiger partial charge in [-0.15, -0.1) is 0 Å². The largest absolute Gasteiger partial charge is 0.260 e. The molecule has 0 amide bonds. The Bertz CT molecular complexity index is 116. The summed E-state index contributed by atoms with van der Waals surface area (Å²) in [6.07, 6.45) is 1.48. The van der Waals surface area contributed by atoms with E-state index in [1.54, 1.807) is 0 Å². The van der Waals surface area contributed by atoms with E-state index in [4.69, 9.17) is 5.53 Å². The lowest BCUT2D eigenvalue weighted by Crippen LogP contribution is -1.85. The lowest BCUT2D eigenvalue weighted by atomic mass is 11.5. The van der Waals surface area contributed by atoms with Crippen molar-refractivity contribution in [1.82, 2.24) is 0 Å². The smallest absolute Gasteiger partial charge is 0.102 e. The van der Waals surface area contributed by atoms with Gasteiger partial charge in [0.25, 0.3) is 0 Å².